The zero-order valence-electron chi connectivity index (χ0n) is 9.92. The Kier molecular flexibility index (Phi) is 2.76. The van der Waals surface area contributed by atoms with E-state index in [1.807, 2.05) is 6.07 Å². The minimum absolute atomic E-state index is 0.240. The smallest absolute Gasteiger partial charge is 0.261 e. The molecule has 2 aromatic carbocycles. The van der Waals surface area contributed by atoms with E-state index >= 15 is 0 Å². The summed E-state index contributed by atoms with van der Waals surface area (Å²) in [6.07, 6.45) is 1.64. The zero-order chi connectivity index (χ0) is 13.3. The molecule has 5 heteroatoms. The van der Waals surface area contributed by atoms with Gasteiger partial charge in [0.15, 0.2) is 0 Å². The predicted molar refractivity (Wildman–Crippen MR) is 74.4 cm³/mol. The van der Waals surface area contributed by atoms with Crippen molar-refractivity contribution in [2.75, 3.05) is 4.72 Å². The van der Waals surface area contributed by atoms with Crippen molar-refractivity contribution in [3.63, 3.8) is 0 Å². The monoisotopic (exact) mass is 271 g/mol. The molecule has 0 fully saturated rings. The van der Waals surface area contributed by atoms with Crippen LogP contribution in [0.25, 0.3) is 10.9 Å². The van der Waals surface area contributed by atoms with E-state index in [1.54, 1.807) is 48.7 Å². The van der Waals surface area contributed by atoms with Crippen LogP contribution in [0.4, 0.5) is 5.69 Å². The van der Waals surface area contributed by atoms with Crippen LogP contribution in [0.1, 0.15) is 0 Å². The van der Waals surface area contributed by atoms with Crippen molar-refractivity contribution < 1.29 is 8.42 Å². The molecule has 0 unspecified atom stereocenters. The highest BCUT2D eigenvalue weighted by atomic mass is 32.2. The average molecular weight is 271 g/mol. The lowest BCUT2D eigenvalue weighted by atomic mass is 10.2. The topological polar surface area (TPSA) is 62.0 Å². The fourth-order valence-corrected chi connectivity index (χ4v) is 2.99. The van der Waals surface area contributed by atoms with Crippen molar-refractivity contribution >= 4 is 26.6 Å². The number of aromatic nitrogens is 1. The van der Waals surface area contributed by atoms with Gasteiger partial charge < -0.3 is 4.98 Å². The molecule has 3 aromatic rings. The van der Waals surface area contributed by atoms with Gasteiger partial charge in [-0.3, -0.25) is 4.72 Å². The number of sulfonamides is 1. The van der Waals surface area contributed by atoms with E-state index in [-0.39, 0.29) is 4.90 Å². The third-order valence-electron chi connectivity index (χ3n) is 2.82. The lowest BCUT2D eigenvalue weighted by molar-refractivity contribution is 0.601. The lowest BCUT2D eigenvalue weighted by Gasteiger charge is -2.06. The zero-order valence-corrected chi connectivity index (χ0v) is 10.7. The molecule has 95 valence electrons. The number of H-pyrrole nitrogens is 1. The van der Waals surface area contributed by atoms with Gasteiger partial charge in [-0.2, -0.15) is 0 Å². The van der Waals surface area contributed by atoms with Gasteiger partial charge in [0.05, 0.1) is 10.6 Å². The number of fused-ring (bicyclic) bond motifs is 1. The Balaban J connectivity index is 2.02. The predicted octanol–water partition coefficient (Wildman–Crippen LogP) is 2.77. The Bertz CT molecular complexity index is 808. The van der Waals surface area contributed by atoms with E-state index in [4.69, 9.17) is 0 Å². The number of anilines is 1. The van der Waals surface area contributed by atoms with E-state index in [1.165, 1.54) is 0 Å². The van der Waals surface area contributed by atoms with Crippen LogP contribution in [0.3, 0.4) is 0 Å². The van der Waals surface area contributed by atoms with Gasteiger partial charge in [0.1, 0.15) is 0 Å². The summed E-state index contributed by atoms with van der Waals surface area (Å²) in [5.41, 5.74) is 1.39. The molecule has 4 nitrogen and oxygen atoms in total. The van der Waals surface area contributed by atoms with E-state index in [0.29, 0.717) is 5.69 Å². The van der Waals surface area contributed by atoms with Crippen LogP contribution in [0.2, 0.25) is 0 Å². The van der Waals surface area contributed by atoms with Gasteiger partial charge in [-0.05, 0) is 30.3 Å². The molecule has 1 aromatic heterocycles. The molecular weight excluding hydrogens is 260 g/mol. The fourth-order valence-electron chi connectivity index (χ4n) is 1.89. The summed E-state index contributed by atoms with van der Waals surface area (Å²) in [5, 5.41) is 0.794. The highest BCUT2D eigenvalue weighted by molar-refractivity contribution is 7.92. The minimum Gasteiger partial charge on any atom is -0.359 e. The molecule has 0 amide bonds. The highest BCUT2D eigenvalue weighted by Gasteiger charge is 2.15. The van der Waals surface area contributed by atoms with Gasteiger partial charge in [-0.15, -0.1) is 0 Å². The molecule has 0 saturated carbocycles. The van der Waals surface area contributed by atoms with Crippen LogP contribution in [-0.4, -0.2) is 13.4 Å². The maximum Gasteiger partial charge on any atom is 0.261 e. The Morgan fingerprint density at radius 2 is 1.89 bits per heavy atom. The van der Waals surface area contributed by atoms with Crippen LogP contribution in [0.5, 0.6) is 0 Å². The van der Waals surface area contributed by atoms with Gasteiger partial charge in [0.25, 0.3) is 10.0 Å². The molecule has 2 N–H and O–H groups in total. The molecule has 0 saturated heterocycles. The first-order valence-electron chi connectivity index (χ1n) is 5.72. The number of rotatable bonds is 3. The van der Waals surface area contributed by atoms with Crippen molar-refractivity contribution in [1.29, 1.82) is 0 Å². The quantitative estimate of drug-likeness (QED) is 0.769. The first-order valence-corrected chi connectivity index (χ1v) is 7.20. The molecular formula is C14H11N2O2S. The van der Waals surface area contributed by atoms with Gasteiger partial charge in [0.2, 0.25) is 0 Å². The summed E-state index contributed by atoms with van der Waals surface area (Å²) in [6.45, 7) is 0. The van der Waals surface area contributed by atoms with E-state index in [2.05, 4.69) is 15.8 Å². The number of nitrogens with one attached hydrogen (secondary N) is 2. The fraction of sp³-hybridized carbons (Fsp3) is 0. The van der Waals surface area contributed by atoms with E-state index < -0.39 is 10.0 Å². The van der Waals surface area contributed by atoms with Gasteiger partial charge in [0, 0.05) is 17.1 Å². The second kappa shape index (κ2) is 4.44. The maximum atomic E-state index is 12.2. The van der Waals surface area contributed by atoms with Crippen LogP contribution < -0.4 is 4.72 Å². The summed E-state index contributed by atoms with van der Waals surface area (Å²) in [5.74, 6) is 0. The summed E-state index contributed by atoms with van der Waals surface area (Å²) >= 11 is 0. The summed E-state index contributed by atoms with van der Waals surface area (Å²) in [4.78, 5) is 3.26. The van der Waals surface area contributed by atoms with Crippen molar-refractivity contribution in [1.82, 2.24) is 4.98 Å². The minimum atomic E-state index is -3.56. The highest BCUT2D eigenvalue weighted by Crippen LogP contribution is 2.24. The van der Waals surface area contributed by atoms with E-state index in [0.717, 1.165) is 10.9 Å². The molecule has 0 atom stereocenters. The van der Waals surface area contributed by atoms with Crippen molar-refractivity contribution in [2.24, 2.45) is 0 Å². The summed E-state index contributed by atoms with van der Waals surface area (Å²) < 4.78 is 27.0. The molecule has 0 aliphatic carbocycles. The Hall–Kier alpha value is -2.27. The average Bonchev–Trinajstić information content (AvgIpc) is 2.83. The molecule has 1 radical (unpaired) electrons. The second-order valence-electron chi connectivity index (χ2n) is 4.09. The molecule has 0 bridgehead atoms. The van der Waals surface area contributed by atoms with Crippen molar-refractivity contribution in [2.45, 2.75) is 4.90 Å². The van der Waals surface area contributed by atoms with Gasteiger partial charge in [-0.25, -0.2) is 8.42 Å². The normalized spacial score (nSPS) is 11.6. The van der Waals surface area contributed by atoms with Crippen LogP contribution in [0, 0.1) is 6.07 Å². The molecule has 0 spiro atoms. The molecule has 1 heterocycles. The lowest BCUT2D eigenvalue weighted by Crippen LogP contribution is -2.12. The summed E-state index contributed by atoms with van der Waals surface area (Å²) in [7, 11) is -3.56. The molecule has 3 rings (SSSR count). The van der Waals surface area contributed by atoms with Crippen molar-refractivity contribution in [3.8, 4) is 0 Å². The van der Waals surface area contributed by atoms with Crippen LogP contribution >= 0.6 is 0 Å². The first kappa shape index (κ1) is 11.8. The summed E-state index contributed by atoms with van der Waals surface area (Å²) in [6, 6.07) is 16.6. The number of aromatic amines is 1. The number of hydrogen-bond acceptors (Lipinski definition) is 2. The largest absolute Gasteiger partial charge is 0.359 e. The Labute approximate surface area is 111 Å². The van der Waals surface area contributed by atoms with Gasteiger partial charge >= 0.3 is 0 Å². The Morgan fingerprint density at radius 1 is 1.11 bits per heavy atom. The molecule has 19 heavy (non-hydrogen) atoms. The van der Waals surface area contributed by atoms with Crippen LogP contribution in [0.15, 0.2) is 59.6 Å². The van der Waals surface area contributed by atoms with Gasteiger partial charge in [-0.1, -0.05) is 24.3 Å². The molecule has 0 aliphatic rings. The van der Waals surface area contributed by atoms with E-state index in [9.17, 15) is 8.42 Å². The third-order valence-corrected chi connectivity index (χ3v) is 4.21. The number of hydrogen-bond donors (Lipinski definition) is 2. The SMILES string of the molecule is O=S(=O)(Nc1c[nH]c2cc[c]cc12)c1ccccc1. The number of benzene rings is 2. The maximum absolute atomic E-state index is 12.2. The standard InChI is InChI=1S/C14H11N2O2S/c17-19(18,11-6-2-1-3-7-11)16-14-10-15-13-9-5-4-8-12(13)14/h1-3,5-10,15-16H. The van der Waals surface area contributed by atoms with Crippen molar-refractivity contribution in [3.05, 3.63) is 60.8 Å². The second-order valence-corrected chi connectivity index (χ2v) is 5.77. The Morgan fingerprint density at radius 3 is 2.68 bits per heavy atom. The molecule has 0 aliphatic heterocycles. The first-order chi connectivity index (χ1) is 9.17. The third kappa shape index (κ3) is 2.20. The van der Waals surface area contributed by atoms with Crippen LogP contribution in [-0.2, 0) is 10.0 Å².